The van der Waals surface area contributed by atoms with Gasteiger partial charge in [-0.3, -0.25) is 0 Å². The van der Waals surface area contributed by atoms with Gasteiger partial charge in [0.1, 0.15) is 0 Å². The van der Waals surface area contributed by atoms with Crippen LogP contribution in [0, 0.1) is 0 Å². The van der Waals surface area contributed by atoms with E-state index in [2.05, 4.69) is 32.2 Å². The van der Waals surface area contributed by atoms with Crippen molar-refractivity contribution in [2.45, 2.75) is 65.7 Å². The summed E-state index contributed by atoms with van der Waals surface area (Å²) in [6.45, 7) is 7.74. The molecule has 0 atom stereocenters. The fraction of sp³-hybridized carbons (Fsp3) is 0.846. The molecule has 0 bridgehead atoms. The van der Waals surface area contributed by atoms with Gasteiger partial charge in [-0.2, -0.15) is 0 Å². The van der Waals surface area contributed by atoms with Crippen molar-refractivity contribution in [2.24, 2.45) is 0 Å². The van der Waals surface area contributed by atoms with E-state index in [0.717, 1.165) is 13.0 Å². The van der Waals surface area contributed by atoms with Crippen molar-refractivity contribution in [3.05, 3.63) is 11.8 Å². The zero-order valence-electron chi connectivity index (χ0n) is 10.2. The van der Waals surface area contributed by atoms with E-state index in [1.54, 1.807) is 0 Å². The molecule has 0 amide bonds. The normalized spacial score (nSPS) is 11.8. The topological polar surface area (TPSA) is 12.0 Å². The number of unbranched alkanes of at least 4 members (excludes halogenated alkanes) is 5. The van der Waals surface area contributed by atoms with Crippen LogP contribution in [0.25, 0.3) is 0 Å². The van der Waals surface area contributed by atoms with Crippen LogP contribution < -0.4 is 5.32 Å². The molecule has 0 saturated heterocycles. The molecule has 0 aliphatic carbocycles. The second-order valence-electron chi connectivity index (χ2n) is 3.99. The summed E-state index contributed by atoms with van der Waals surface area (Å²) in [5.74, 6) is 0. The van der Waals surface area contributed by atoms with Gasteiger partial charge in [0.25, 0.3) is 0 Å². The molecule has 0 saturated carbocycles. The number of nitrogens with one attached hydrogen (secondary N) is 1. The molecule has 0 aromatic carbocycles. The lowest BCUT2D eigenvalue weighted by molar-refractivity contribution is 0.592. The van der Waals surface area contributed by atoms with Crippen LogP contribution in [0.3, 0.4) is 0 Å². The lowest BCUT2D eigenvalue weighted by Crippen LogP contribution is -2.12. The van der Waals surface area contributed by atoms with Crippen molar-refractivity contribution >= 4 is 0 Å². The van der Waals surface area contributed by atoms with Crippen molar-refractivity contribution < 1.29 is 0 Å². The molecule has 84 valence electrons. The average molecular weight is 197 g/mol. The van der Waals surface area contributed by atoms with Gasteiger partial charge < -0.3 is 5.32 Å². The van der Waals surface area contributed by atoms with E-state index in [9.17, 15) is 0 Å². The summed E-state index contributed by atoms with van der Waals surface area (Å²) in [6.07, 6.45) is 11.7. The summed E-state index contributed by atoms with van der Waals surface area (Å²) >= 11 is 0. The summed E-state index contributed by atoms with van der Waals surface area (Å²) in [4.78, 5) is 0. The standard InChI is InChI=1S/C13H27N/c1-4-6-7-8-9-10-12-14-13(3)11-5-2/h11,14H,4-10,12H2,1-3H3/b13-11+. The Morgan fingerprint density at radius 2 is 1.64 bits per heavy atom. The Kier molecular flexibility index (Phi) is 10.3. The number of allylic oxidation sites excluding steroid dienone is 2. The average Bonchev–Trinajstić information content (AvgIpc) is 2.17. The van der Waals surface area contributed by atoms with Gasteiger partial charge in [-0.15, -0.1) is 0 Å². The second kappa shape index (κ2) is 10.6. The molecule has 1 nitrogen and oxygen atoms in total. The minimum Gasteiger partial charge on any atom is -0.389 e. The minimum absolute atomic E-state index is 1.13. The SMILES string of the molecule is CC/C=C(\C)NCCCCCCCC. The van der Waals surface area contributed by atoms with Gasteiger partial charge >= 0.3 is 0 Å². The molecule has 0 aliphatic heterocycles. The highest BCUT2D eigenvalue weighted by atomic mass is 14.9. The third kappa shape index (κ3) is 9.63. The maximum absolute atomic E-state index is 3.44. The van der Waals surface area contributed by atoms with E-state index in [1.165, 1.54) is 44.2 Å². The Morgan fingerprint density at radius 1 is 1.00 bits per heavy atom. The first kappa shape index (κ1) is 13.5. The first-order chi connectivity index (χ1) is 6.81. The van der Waals surface area contributed by atoms with Gasteiger partial charge in [-0.25, -0.2) is 0 Å². The van der Waals surface area contributed by atoms with Gasteiger partial charge in [0.05, 0.1) is 0 Å². The Bertz CT molecular complexity index is 138. The molecular weight excluding hydrogens is 170 g/mol. The quantitative estimate of drug-likeness (QED) is 0.545. The molecule has 0 aromatic heterocycles. The Morgan fingerprint density at radius 3 is 2.29 bits per heavy atom. The second-order valence-corrected chi connectivity index (χ2v) is 3.99. The van der Waals surface area contributed by atoms with Gasteiger partial charge in [0.15, 0.2) is 0 Å². The van der Waals surface area contributed by atoms with E-state index in [4.69, 9.17) is 0 Å². The third-order valence-electron chi connectivity index (χ3n) is 2.44. The third-order valence-corrected chi connectivity index (χ3v) is 2.44. The predicted octanol–water partition coefficient (Wildman–Crippen LogP) is 4.25. The van der Waals surface area contributed by atoms with Crippen LogP contribution in [0.15, 0.2) is 11.8 Å². The van der Waals surface area contributed by atoms with Gasteiger partial charge in [0.2, 0.25) is 0 Å². The van der Waals surface area contributed by atoms with Crippen molar-refractivity contribution in [1.29, 1.82) is 0 Å². The zero-order chi connectivity index (χ0) is 10.6. The smallest absolute Gasteiger partial charge is 0.0143 e. The molecule has 0 aliphatic rings. The van der Waals surface area contributed by atoms with Crippen molar-refractivity contribution in [3.63, 3.8) is 0 Å². The monoisotopic (exact) mass is 197 g/mol. The van der Waals surface area contributed by atoms with Crippen molar-refractivity contribution in [2.75, 3.05) is 6.54 Å². The lowest BCUT2D eigenvalue weighted by Gasteiger charge is -2.05. The van der Waals surface area contributed by atoms with Crippen LogP contribution >= 0.6 is 0 Å². The van der Waals surface area contributed by atoms with Crippen LogP contribution in [0.1, 0.15) is 65.7 Å². The van der Waals surface area contributed by atoms with Crippen LogP contribution in [0.4, 0.5) is 0 Å². The highest BCUT2D eigenvalue weighted by Gasteiger charge is 1.90. The van der Waals surface area contributed by atoms with E-state index in [0.29, 0.717) is 0 Å². The molecule has 0 aromatic rings. The molecule has 1 N–H and O–H groups in total. The Labute approximate surface area is 90.0 Å². The first-order valence-electron chi connectivity index (χ1n) is 6.21. The molecule has 14 heavy (non-hydrogen) atoms. The summed E-state index contributed by atoms with van der Waals surface area (Å²) in [5.41, 5.74) is 1.33. The van der Waals surface area contributed by atoms with E-state index in [1.807, 2.05) is 0 Å². The molecular formula is C13H27N. The largest absolute Gasteiger partial charge is 0.389 e. The highest BCUT2D eigenvalue weighted by molar-refractivity contribution is 4.93. The molecule has 1 heteroatoms. The van der Waals surface area contributed by atoms with E-state index in [-0.39, 0.29) is 0 Å². The summed E-state index contributed by atoms with van der Waals surface area (Å²) in [5, 5.41) is 3.44. The molecule has 0 unspecified atom stereocenters. The maximum Gasteiger partial charge on any atom is 0.0143 e. The van der Waals surface area contributed by atoms with Crippen LogP contribution in [-0.2, 0) is 0 Å². The van der Waals surface area contributed by atoms with Crippen molar-refractivity contribution in [1.82, 2.24) is 5.32 Å². The van der Waals surface area contributed by atoms with Crippen LogP contribution in [0.2, 0.25) is 0 Å². The Balaban J connectivity index is 3.09. The Hall–Kier alpha value is -0.460. The van der Waals surface area contributed by atoms with E-state index < -0.39 is 0 Å². The fourth-order valence-corrected chi connectivity index (χ4v) is 1.57. The highest BCUT2D eigenvalue weighted by Crippen LogP contribution is 2.04. The van der Waals surface area contributed by atoms with Crippen LogP contribution in [0.5, 0.6) is 0 Å². The maximum atomic E-state index is 3.44. The molecule has 0 radical (unpaired) electrons. The van der Waals surface area contributed by atoms with Gasteiger partial charge in [-0.05, 0) is 19.8 Å². The first-order valence-corrected chi connectivity index (χ1v) is 6.21. The number of hydrogen-bond acceptors (Lipinski definition) is 1. The van der Waals surface area contributed by atoms with Gasteiger partial charge in [0, 0.05) is 12.2 Å². The summed E-state index contributed by atoms with van der Waals surface area (Å²) in [7, 11) is 0. The van der Waals surface area contributed by atoms with Gasteiger partial charge in [-0.1, -0.05) is 52.0 Å². The van der Waals surface area contributed by atoms with Crippen molar-refractivity contribution in [3.8, 4) is 0 Å². The molecule has 0 spiro atoms. The summed E-state index contributed by atoms with van der Waals surface area (Å²) in [6, 6.07) is 0. The molecule has 0 rings (SSSR count). The zero-order valence-corrected chi connectivity index (χ0v) is 10.2. The fourth-order valence-electron chi connectivity index (χ4n) is 1.57. The number of hydrogen-bond donors (Lipinski definition) is 1. The lowest BCUT2D eigenvalue weighted by atomic mass is 10.1. The summed E-state index contributed by atoms with van der Waals surface area (Å²) < 4.78 is 0. The minimum atomic E-state index is 1.13. The predicted molar refractivity (Wildman–Crippen MR) is 65.4 cm³/mol. The van der Waals surface area contributed by atoms with Crippen LogP contribution in [-0.4, -0.2) is 6.54 Å². The molecule has 0 heterocycles. The number of rotatable bonds is 9. The molecule has 0 fully saturated rings. The van der Waals surface area contributed by atoms with E-state index >= 15 is 0 Å².